The number of H-pyrrole nitrogens is 1. The summed E-state index contributed by atoms with van der Waals surface area (Å²) in [4.78, 5) is 29.9. The molecule has 2 aromatic carbocycles. The van der Waals surface area contributed by atoms with E-state index >= 15 is 0 Å². The lowest BCUT2D eigenvalue weighted by Gasteiger charge is -2.26. The predicted molar refractivity (Wildman–Crippen MR) is 117 cm³/mol. The Bertz CT molecular complexity index is 1100. The number of carbonyl (C=O) groups excluding carboxylic acids is 2. The molecule has 1 aliphatic heterocycles. The molecule has 1 N–H and O–H groups in total. The quantitative estimate of drug-likeness (QED) is 0.576. The van der Waals surface area contributed by atoms with Gasteiger partial charge >= 0.3 is 0 Å². The van der Waals surface area contributed by atoms with Gasteiger partial charge in [-0.15, -0.1) is 0 Å². The highest BCUT2D eigenvalue weighted by atomic mass is 35.5. The molecule has 2 heterocycles. The van der Waals surface area contributed by atoms with E-state index < -0.39 is 0 Å². The Morgan fingerprint density at radius 3 is 2.62 bits per heavy atom. The van der Waals surface area contributed by atoms with Crippen molar-refractivity contribution in [2.75, 3.05) is 13.1 Å². The SMILES string of the molecule is Cc1ccc(C(=O)CCC(=O)N2CC=C(c3c[nH]c4c(Cl)cccc34)CC2)cc1. The van der Waals surface area contributed by atoms with Gasteiger partial charge in [-0.1, -0.05) is 59.6 Å². The van der Waals surface area contributed by atoms with E-state index in [9.17, 15) is 9.59 Å². The van der Waals surface area contributed by atoms with Crippen molar-refractivity contribution in [3.05, 3.63) is 76.5 Å². The molecule has 0 bridgehead atoms. The molecule has 0 fully saturated rings. The van der Waals surface area contributed by atoms with Crippen molar-refractivity contribution >= 4 is 39.8 Å². The topological polar surface area (TPSA) is 53.2 Å². The molecule has 1 amide bonds. The van der Waals surface area contributed by atoms with Gasteiger partial charge in [-0.2, -0.15) is 0 Å². The van der Waals surface area contributed by atoms with Crippen molar-refractivity contribution in [2.24, 2.45) is 0 Å². The molecule has 0 unspecified atom stereocenters. The molecule has 4 rings (SSSR count). The third kappa shape index (κ3) is 4.13. The average molecular weight is 407 g/mol. The Kier molecular flexibility index (Phi) is 5.54. The summed E-state index contributed by atoms with van der Waals surface area (Å²) in [6, 6.07) is 13.4. The van der Waals surface area contributed by atoms with E-state index in [2.05, 4.69) is 17.1 Å². The number of aromatic amines is 1. The maximum Gasteiger partial charge on any atom is 0.223 e. The Morgan fingerprint density at radius 1 is 1.10 bits per heavy atom. The molecule has 0 atom stereocenters. The van der Waals surface area contributed by atoms with Gasteiger partial charge in [-0.3, -0.25) is 9.59 Å². The summed E-state index contributed by atoms with van der Waals surface area (Å²) in [5.41, 5.74) is 5.09. The van der Waals surface area contributed by atoms with Crippen LogP contribution in [-0.4, -0.2) is 34.7 Å². The maximum absolute atomic E-state index is 12.6. The number of amides is 1. The number of rotatable bonds is 5. The Hall–Kier alpha value is -2.85. The second-order valence-electron chi connectivity index (χ2n) is 7.47. The fourth-order valence-electron chi connectivity index (χ4n) is 3.79. The second kappa shape index (κ2) is 8.26. The molecule has 3 aromatic rings. The number of fused-ring (bicyclic) bond motifs is 1. The number of halogens is 1. The molecule has 4 nitrogen and oxygen atoms in total. The first kappa shape index (κ1) is 19.5. The lowest BCUT2D eigenvalue weighted by molar-refractivity contribution is -0.130. The van der Waals surface area contributed by atoms with Crippen LogP contribution in [0.5, 0.6) is 0 Å². The first-order valence-corrected chi connectivity index (χ1v) is 10.2. The van der Waals surface area contributed by atoms with Crippen LogP contribution in [0.4, 0.5) is 0 Å². The van der Waals surface area contributed by atoms with Crippen LogP contribution in [-0.2, 0) is 4.79 Å². The molecule has 0 saturated carbocycles. The van der Waals surface area contributed by atoms with E-state index in [1.807, 2.05) is 54.4 Å². The fraction of sp³-hybridized carbons (Fsp3) is 0.250. The molecule has 0 saturated heterocycles. The molecule has 1 aliphatic rings. The summed E-state index contributed by atoms with van der Waals surface area (Å²) in [6.07, 6.45) is 5.37. The van der Waals surface area contributed by atoms with Gasteiger partial charge in [0.15, 0.2) is 5.78 Å². The zero-order chi connectivity index (χ0) is 20.4. The van der Waals surface area contributed by atoms with E-state index in [0.29, 0.717) is 23.7 Å². The van der Waals surface area contributed by atoms with Crippen LogP contribution in [0.25, 0.3) is 16.5 Å². The van der Waals surface area contributed by atoms with Crippen LogP contribution in [0.2, 0.25) is 5.02 Å². The van der Waals surface area contributed by atoms with Gasteiger partial charge < -0.3 is 9.88 Å². The first-order valence-electron chi connectivity index (χ1n) is 9.85. The predicted octanol–water partition coefficient (Wildman–Crippen LogP) is 5.41. The van der Waals surface area contributed by atoms with Crippen molar-refractivity contribution < 1.29 is 9.59 Å². The molecular weight excluding hydrogens is 384 g/mol. The Morgan fingerprint density at radius 2 is 1.90 bits per heavy atom. The summed E-state index contributed by atoms with van der Waals surface area (Å²) in [5.74, 6) is 0.0463. The monoisotopic (exact) mass is 406 g/mol. The van der Waals surface area contributed by atoms with Gasteiger partial charge in [-0.05, 0) is 25.0 Å². The number of aryl methyl sites for hydroxylation is 1. The molecular formula is C24H23ClN2O2. The molecule has 0 spiro atoms. The largest absolute Gasteiger partial charge is 0.359 e. The number of nitrogens with one attached hydrogen (secondary N) is 1. The minimum absolute atomic E-state index is 0.0160. The van der Waals surface area contributed by atoms with E-state index in [-0.39, 0.29) is 24.5 Å². The number of carbonyl (C=O) groups is 2. The highest BCUT2D eigenvalue weighted by molar-refractivity contribution is 6.35. The summed E-state index contributed by atoms with van der Waals surface area (Å²) in [7, 11) is 0. The van der Waals surface area contributed by atoms with Gasteiger partial charge in [0.2, 0.25) is 5.91 Å². The minimum Gasteiger partial charge on any atom is -0.359 e. The maximum atomic E-state index is 12.6. The third-order valence-corrected chi connectivity index (χ3v) is 5.83. The average Bonchev–Trinajstić information content (AvgIpc) is 3.18. The highest BCUT2D eigenvalue weighted by Crippen LogP contribution is 2.32. The number of para-hydroxylation sites is 1. The van der Waals surface area contributed by atoms with Crippen LogP contribution < -0.4 is 0 Å². The lowest BCUT2D eigenvalue weighted by atomic mass is 9.98. The van der Waals surface area contributed by atoms with Gasteiger partial charge in [0.1, 0.15) is 0 Å². The third-order valence-electron chi connectivity index (χ3n) is 5.51. The Balaban J connectivity index is 1.37. The molecule has 0 aliphatic carbocycles. The summed E-state index contributed by atoms with van der Waals surface area (Å²) < 4.78 is 0. The molecule has 29 heavy (non-hydrogen) atoms. The van der Waals surface area contributed by atoms with Crippen LogP contribution in [0, 0.1) is 6.92 Å². The van der Waals surface area contributed by atoms with E-state index in [1.54, 1.807) is 0 Å². The van der Waals surface area contributed by atoms with Crippen LogP contribution >= 0.6 is 11.6 Å². The van der Waals surface area contributed by atoms with Gasteiger partial charge in [0.25, 0.3) is 0 Å². The van der Waals surface area contributed by atoms with Crippen molar-refractivity contribution in [2.45, 2.75) is 26.2 Å². The van der Waals surface area contributed by atoms with Crippen molar-refractivity contribution in [1.29, 1.82) is 0 Å². The van der Waals surface area contributed by atoms with Gasteiger partial charge in [0.05, 0.1) is 10.5 Å². The number of hydrogen-bond donors (Lipinski definition) is 1. The van der Waals surface area contributed by atoms with Crippen molar-refractivity contribution in [1.82, 2.24) is 9.88 Å². The summed E-state index contributed by atoms with van der Waals surface area (Å²) in [6.45, 7) is 3.22. The lowest BCUT2D eigenvalue weighted by Crippen LogP contribution is -2.34. The number of benzene rings is 2. The van der Waals surface area contributed by atoms with Crippen LogP contribution in [0.3, 0.4) is 0 Å². The molecule has 148 valence electrons. The molecule has 1 aromatic heterocycles. The zero-order valence-corrected chi connectivity index (χ0v) is 17.1. The summed E-state index contributed by atoms with van der Waals surface area (Å²) in [5, 5.41) is 1.81. The molecule has 5 heteroatoms. The minimum atomic E-state index is 0.0160. The number of nitrogens with zero attached hydrogens (tertiary/aromatic N) is 1. The Labute approximate surface area is 175 Å². The number of hydrogen-bond acceptors (Lipinski definition) is 2. The van der Waals surface area contributed by atoms with Crippen LogP contribution in [0.1, 0.15) is 40.7 Å². The standard InChI is InChI=1S/C24H23ClN2O2/c1-16-5-7-18(8-6-16)22(28)9-10-23(29)27-13-11-17(12-14-27)20-15-26-24-19(20)3-2-4-21(24)25/h2-8,11,15,26H,9-10,12-14H2,1H3. The zero-order valence-electron chi connectivity index (χ0n) is 16.4. The summed E-state index contributed by atoms with van der Waals surface area (Å²) >= 11 is 6.26. The smallest absolute Gasteiger partial charge is 0.223 e. The number of Topliss-reactive ketones (excluding diaryl/α,β-unsaturated/α-hetero) is 1. The number of aromatic nitrogens is 1. The van der Waals surface area contributed by atoms with Crippen LogP contribution in [0.15, 0.2) is 54.7 Å². The second-order valence-corrected chi connectivity index (χ2v) is 7.88. The first-order chi connectivity index (χ1) is 14.0. The van der Waals surface area contributed by atoms with E-state index in [4.69, 9.17) is 11.6 Å². The highest BCUT2D eigenvalue weighted by Gasteiger charge is 2.20. The van der Waals surface area contributed by atoms with E-state index in [0.717, 1.165) is 28.5 Å². The normalized spacial score (nSPS) is 14.1. The van der Waals surface area contributed by atoms with Crippen molar-refractivity contribution in [3.63, 3.8) is 0 Å². The molecule has 0 radical (unpaired) electrons. The van der Waals surface area contributed by atoms with E-state index in [1.165, 1.54) is 5.57 Å². The van der Waals surface area contributed by atoms with Gasteiger partial charge in [-0.25, -0.2) is 0 Å². The van der Waals surface area contributed by atoms with Gasteiger partial charge in [0, 0.05) is 48.6 Å². The van der Waals surface area contributed by atoms with Crippen molar-refractivity contribution in [3.8, 4) is 0 Å². The number of ketones is 1. The fourth-order valence-corrected chi connectivity index (χ4v) is 4.01.